The summed E-state index contributed by atoms with van der Waals surface area (Å²) < 4.78 is 6.48. The largest absolute Gasteiger partial charge is 0.508 e. The van der Waals surface area contributed by atoms with E-state index in [2.05, 4.69) is 6.07 Å². The molecule has 3 rings (SSSR count). The molecule has 0 aliphatic rings. The maximum atomic E-state index is 10.1. The lowest BCUT2D eigenvalue weighted by Gasteiger charge is -2.36. The zero-order valence-corrected chi connectivity index (χ0v) is 14.5. The fourth-order valence-electron chi connectivity index (χ4n) is 3.20. The molecule has 0 aliphatic carbocycles. The zero-order chi connectivity index (χ0) is 18.2. The predicted molar refractivity (Wildman–Crippen MR) is 102 cm³/mol. The van der Waals surface area contributed by atoms with E-state index < -0.39 is 5.60 Å². The smallest absolute Gasteiger partial charge is 0.143 e. The molecule has 0 bridgehead atoms. The van der Waals surface area contributed by atoms with Crippen LogP contribution >= 0.6 is 0 Å². The third-order valence-corrected chi connectivity index (χ3v) is 4.36. The van der Waals surface area contributed by atoms with Gasteiger partial charge in [0.25, 0.3) is 0 Å². The molecule has 0 atom stereocenters. The Hall–Kier alpha value is -3.09. The summed E-state index contributed by atoms with van der Waals surface area (Å²) in [5, 5.41) is 18.9. The lowest BCUT2D eigenvalue weighted by molar-refractivity contribution is 0.0119. The summed E-state index contributed by atoms with van der Waals surface area (Å²) in [6.07, 6.45) is 1.09. The quantitative estimate of drug-likeness (QED) is 0.485. The van der Waals surface area contributed by atoms with Crippen LogP contribution in [-0.2, 0) is 10.3 Å². The topological polar surface area (TPSA) is 53.2 Å². The van der Waals surface area contributed by atoms with Crippen LogP contribution < -0.4 is 0 Å². The molecule has 0 saturated heterocycles. The molecular formula is C23H21NO2. The summed E-state index contributed by atoms with van der Waals surface area (Å²) in [4.78, 5) is 0. The Labute approximate surface area is 154 Å². The summed E-state index contributed by atoms with van der Waals surface area (Å²) in [5.41, 5.74) is 1.96. The number of phenolic OH excluding ortho intramolecular Hbond substituents is 1. The van der Waals surface area contributed by atoms with Crippen molar-refractivity contribution >= 4 is 0 Å². The van der Waals surface area contributed by atoms with Crippen LogP contribution in [0.1, 0.15) is 29.5 Å². The molecule has 0 unspecified atom stereocenters. The summed E-state index contributed by atoms with van der Waals surface area (Å²) in [6.45, 7) is 0.438. The Morgan fingerprint density at radius 1 is 0.808 bits per heavy atom. The van der Waals surface area contributed by atoms with Crippen LogP contribution in [0.2, 0.25) is 0 Å². The Kier molecular flexibility index (Phi) is 5.68. The molecule has 0 aliphatic heterocycles. The first-order chi connectivity index (χ1) is 12.8. The molecule has 3 nitrogen and oxygen atoms in total. The first-order valence-corrected chi connectivity index (χ1v) is 8.69. The molecule has 26 heavy (non-hydrogen) atoms. The molecule has 0 fully saturated rings. The van der Waals surface area contributed by atoms with Gasteiger partial charge in [-0.1, -0.05) is 72.8 Å². The van der Waals surface area contributed by atoms with Crippen molar-refractivity contribution in [3.8, 4) is 11.8 Å². The number of nitrogens with zero attached hydrogens (tertiary/aromatic N) is 1. The van der Waals surface area contributed by atoms with E-state index in [1.165, 1.54) is 0 Å². The minimum absolute atomic E-state index is 0.194. The average Bonchev–Trinajstić information content (AvgIpc) is 2.70. The van der Waals surface area contributed by atoms with Crippen LogP contribution in [0.4, 0.5) is 0 Å². The highest BCUT2D eigenvalue weighted by atomic mass is 16.5. The van der Waals surface area contributed by atoms with Gasteiger partial charge in [-0.25, -0.2) is 0 Å². The molecule has 0 aromatic heterocycles. The third-order valence-electron chi connectivity index (χ3n) is 4.36. The van der Waals surface area contributed by atoms with Gasteiger partial charge in [0, 0.05) is 13.0 Å². The highest BCUT2D eigenvalue weighted by Crippen LogP contribution is 2.41. The number of hydrogen-bond acceptors (Lipinski definition) is 3. The van der Waals surface area contributed by atoms with Crippen molar-refractivity contribution in [2.75, 3.05) is 6.61 Å². The Balaban J connectivity index is 2.19. The van der Waals surface area contributed by atoms with E-state index in [9.17, 15) is 5.11 Å². The van der Waals surface area contributed by atoms with Crippen molar-refractivity contribution < 1.29 is 9.84 Å². The molecule has 0 saturated carbocycles. The number of phenols is 1. The van der Waals surface area contributed by atoms with Gasteiger partial charge < -0.3 is 9.84 Å². The number of hydrogen-bond donors (Lipinski definition) is 1. The standard InChI is InChI=1S/C23H21NO2/c24-16-7-8-17-26-23(19-10-3-1-4-11-19,20-12-5-2-6-13-20)21-14-9-15-22(25)18-21/h1-6,9-15,18,25H,7-8,17H2. The summed E-state index contributed by atoms with van der Waals surface area (Å²) in [5.74, 6) is 0.194. The minimum atomic E-state index is -0.850. The van der Waals surface area contributed by atoms with Crippen molar-refractivity contribution in [1.29, 1.82) is 5.26 Å². The number of rotatable bonds is 7. The van der Waals surface area contributed by atoms with Crippen LogP contribution in [-0.4, -0.2) is 11.7 Å². The first-order valence-electron chi connectivity index (χ1n) is 8.69. The highest BCUT2D eigenvalue weighted by molar-refractivity contribution is 5.49. The van der Waals surface area contributed by atoms with Crippen molar-refractivity contribution in [2.45, 2.75) is 18.4 Å². The van der Waals surface area contributed by atoms with Gasteiger partial charge in [-0.2, -0.15) is 5.26 Å². The second kappa shape index (κ2) is 8.33. The molecule has 0 radical (unpaired) electrons. The molecule has 1 N–H and O–H groups in total. The normalized spacial score (nSPS) is 11.0. The number of benzene rings is 3. The van der Waals surface area contributed by atoms with Gasteiger partial charge in [-0.05, 0) is 35.2 Å². The van der Waals surface area contributed by atoms with Gasteiger partial charge in [0.15, 0.2) is 0 Å². The lowest BCUT2D eigenvalue weighted by Crippen LogP contribution is -2.33. The van der Waals surface area contributed by atoms with E-state index in [0.717, 1.165) is 16.7 Å². The molecule has 3 aromatic carbocycles. The Morgan fingerprint density at radius 2 is 1.38 bits per heavy atom. The predicted octanol–water partition coefficient (Wildman–Crippen LogP) is 5.00. The molecule has 0 spiro atoms. The molecule has 3 aromatic rings. The first kappa shape index (κ1) is 17.7. The number of nitriles is 1. The van der Waals surface area contributed by atoms with Crippen LogP contribution in [0.15, 0.2) is 84.9 Å². The van der Waals surface area contributed by atoms with Gasteiger partial charge in [-0.15, -0.1) is 0 Å². The fourth-order valence-corrected chi connectivity index (χ4v) is 3.20. The number of unbranched alkanes of at least 4 members (excludes halogenated alkanes) is 1. The van der Waals surface area contributed by atoms with E-state index in [4.69, 9.17) is 10.00 Å². The number of ether oxygens (including phenoxy) is 1. The van der Waals surface area contributed by atoms with Gasteiger partial charge >= 0.3 is 0 Å². The molecular weight excluding hydrogens is 322 g/mol. The van der Waals surface area contributed by atoms with Crippen molar-refractivity contribution in [3.05, 3.63) is 102 Å². The minimum Gasteiger partial charge on any atom is -0.508 e. The summed E-state index contributed by atoms with van der Waals surface area (Å²) in [7, 11) is 0. The zero-order valence-electron chi connectivity index (χ0n) is 14.5. The van der Waals surface area contributed by atoms with E-state index >= 15 is 0 Å². The molecule has 0 heterocycles. The monoisotopic (exact) mass is 343 g/mol. The fraction of sp³-hybridized carbons (Fsp3) is 0.174. The van der Waals surface area contributed by atoms with Gasteiger partial charge in [0.05, 0.1) is 6.07 Å². The summed E-state index contributed by atoms with van der Waals surface area (Å²) in [6, 6.07) is 29.3. The van der Waals surface area contributed by atoms with Crippen LogP contribution in [0.3, 0.4) is 0 Å². The van der Waals surface area contributed by atoms with Crippen LogP contribution in [0, 0.1) is 11.3 Å². The second-order valence-electron chi connectivity index (χ2n) is 6.07. The average molecular weight is 343 g/mol. The Bertz CT molecular complexity index is 830. The van der Waals surface area contributed by atoms with Gasteiger partial charge in [-0.3, -0.25) is 0 Å². The maximum absolute atomic E-state index is 10.1. The van der Waals surface area contributed by atoms with E-state index in [0.29, 0.717) is 19.4 Å². The summed E-state index contributed by atoms with van der Waals surface area (Å²) >= 11 is 0. The van der Waals surface area contributed by atoms with Crippen molar-refractivity contribution in [1.82, 2.24) is 0 Å². The molecule has 3 heteroatoms. The van der Waals surface area contributed by atoms with Crippen LogP contribution in [0.25, 0.3) is 0 Å². The van der Waals surface area contributed by atoms with Crippen LogP contribution in [0.5, 0.6) is 5.75 Å². The lowest BCUT2D eigenvalue weighted by atomic mass is 9.80. The third kappa shape index (κ3) is 3.61. The number of aromatic hydroxyl groups is 1. The van der Waals surface area contributed by atoms with E-state index in [1.54, 1.807) is 12.1 Å². The highest BCUT2D eigenvalue weighted by Gasteiger charge is 2.37. The molecule has 130 valence electrons. The van der Waals surface area contributed by atoms with Crippen molar-refractivity contribution in [3.63, 3.8) is 0 Å². The second-order valence-corrected chi connectivity index (χ2v) is 6.07. The SMILES string of the molecule is N#CCCCOC(c1ccccc1)(c1ccccc1)c1cccc(O)c1. The van der Waals surface area contributed by atoms with E-state index in [-0.39, 0.29) is 5.75 Å². The molecule has 0 amide bonds. The Morgan fingerprint density at radius 3 is 1.92 bits per heavy atom. The van der Waals surface area contributed by atoms with Gasteiger partial charge in [0.1, 0.15) is 11.4 Å². The maximum Gasteiger partial charge on any atom is 0.143 e. The van der Waals surface area contributed by atoms with Crippen molar-refractivity contribution in [2.24, 2.45) is 0 Å². The van der Waals surface area contributed by atoms with Gasteiger partial charge in [0.2, 0.25) is 0 Å². The van der Waals surface area contributed by atoms with E-state index in [1.807, 2.05) is 72.8 Å².